The van der Waals surface area contributed by atoms with Crippen LogP contribution in [0.5, 0.6) is 0 Å². The van der Waals surface area contributed by atoms with Gasteiger partial charge in [-0.3, -0.25) is 4.90 Å². The van der Waals surface area contributed by atoms with E-state index in [1.807, 2.05) is 19.9 Å². The first kappa shape index (κ1) is 16.2. The van der Waals surface area contributed by atoms with Crippen LogP contribution in [0.2, 0.25) is 0 Å². The van der Waals surface area contributed by atoms with Crippen molar-refractivity contribution in [2.45, 2.75) is 58.2 Å². The molecule has 23 heavy (non-hydrogen) atoms. The minimum atomic E-state index is -0.738. The summed E-state index contributed by atoms with van der Waals surface area (Å²) in [7, 11) is 0. The fourth-order valence-corrected chi connectivity index (χ4v) is 3.34. The second-order valence-corrected chi connectivity index (χ2v) is 7.18. The average molecular weight is 314 g/mol. The van der Waals surface area contributed by atoms with Crippen molar-refractivity contribution in [3.63, 3.8) is 0 Å². The molecule has 2 aromatic rings. The number of nitrogens with zero attached hydrogens (tertiary/aromatic N) is 2. The van der Waals surface area contributed by atoms with Gasteiger partial charge in [-0.15, -0.1) is 0 Å². The minimum absolute atomic E-state index is 0.601. The van der Waals surface area contributed by atoms with Crippen LogP contribution in [0.25, 0.3) is 0 Å². The lowest BCUT2D eigenvalue weighted by Crippen LogP contribution is -2.38. The Hall–Kier alpha value is -1.65. The molecule has 0 spiro atoms. The van der Waals surface area contributed by atoms with Gasteiger partial charge in [0.25, 0.3) is 0 Å². The number of hydrogen-bond acceptors (Lipinski definition) is 4. The third-order valence-corrected chi connectivity index (χ3v) is 4.26. The van der Waals surface area contributed by atoms with Crippen LogP contribution in [-0.4, -0.2) is 27.3 Å². The third kappa shape index (κ3) is 4.43. The van der Waals surface area contributed by atoms with E-state index in [1.165, 1.54) is 24.0 Å². The fourth-order valence-electron chi connectivity index (χ4n) is 3.34. The summed E-state index contributed by atoms with van der Waals surface area (Å²) in [4.78, 5) is 2.25. The van der Waals surface area contributed by atoms with Crippen molar-refractivity contribution >= 4 is 0 Å². The molecule has 1 aromatic heterocycles. The van der Waals surface area contributed by atoms with Gasteiger partial charge in [0, 0.05) is 31.6 Å². The maximum absolute atomic E-state index is 10.2. The topological polar surface area (TPSA) is 49.5 Å². The highest BCUT2D eigenvalue weighted by Crippen LogP contribution is 2.26. The molecule has 124 valence electrons. The van der Waals surface area contributed by atoms with Crippen molar-refractivity contribution in [2.75, 3.05) is 6.54 Å². The molecule has 1 aliphatic rings. The maximum atomic E-state index is 10.2. The molecule has 0 radical (unpaired) electrons. The molecule has 0 saturated heterocycles. The Balaban J connectivity index is 1.77. The molecule has 0 atom stereocenters. The van der Waals surface area contributed by atoms with Crippen LogP contribution in [0.4, 0.5) is 0 Å². The Morgan fingerprint density at radius 3 is 2.61 bits per heavy atom. The highest BCUT2D eigenvalue weighted by molar-refractivity contribution is 5.25. The number of aryl methyl sites for hydroxylation is 1. The van der Waals surface area contributed by atoms with E-state index in [2.05, 4.69) is 34.3 Å². The van der Waals surface area contributed by atoms with Crippen molar-refractivity contribution < 1.29 is 9.63 Å². The minimum Gasteiger partial charge on any atom is -0.389 e. The Bertz CT molecular complexity index is 629. The number of benzene rings is 1. The summed E-state index contributed by atoms with van der Waals surface area (Å²) in [6, 6.07) is 10.4. The van der Waals surface area contributed by atoms with Crippen LogP contribution in [0, 0.1) is 0 Å². The first-order valence-corrected chi connectivity index (χ1v) is 8.46. The molecule has 0 amide bonds. The van der Waals surface area contributed by atoms with Crippen LogP contribution in [0.1, 0.15) is 49.3 Å². The van der Waals surface area contributed by atoms with Crippen molar-refractivity contribution in [2.24, 2.45) is 0 Å². The van der Waals surface area contributed by atoms with E-state index in [0.717, 1.165) is 37.4 Å². The molecule has 1 aromatic carbocycles. The molecule has 3 rings (SSSR count). The molecule has 0 fully saturated rings. The third-order valence-electron chi connectivity index (χ3n) is 4.26. The van der Waals surface area contributed by atoms with E-state index < -0.39 is 5.60 Å². The van der Waals surface area contributed by atoms with Gasteiger partial charge in [0.15, 0.2) is 0 Å². The highest BCUT2D eigenvalue weighted by atomic mass is 16.5. The van der Waals surface area contributed by atoms with Gasteiger partial charge in [-0.2, -0.15) is 0 Å². The van der Waals surface area contributed by atoms with E-state index >= 15 is 0 Å². The van der Waals surface area contributed by atoms with E-state index in [0.29, 0.717) is 6.54 Å². The first-order chi connectivity index (χ1) is 11.0. The van der Waals surface area contributed by atoms with Gasteiger partial charge < -0.3 is 9.63 Å². The van der Waals surface area contributed by atoms with Gasteiger partial charge in [0.2, 0.25) is 0 Å². The molecule has 1 N–H and O–H groups in total. The number of aromatic nitrogens is 1. The van der Waals surface area contributed by atoms with E-state index in [9.17, 15) is 5.11 Å². The van der Waals surface area contributed by atoms with Gasteiger partial charge in [-0.05, 0) is 38.7 Å². The standard InChI is InChI=1S/C19H26N2O2/c1-19(2,22)14-21(12-15-8-4-3-5-9-15)13-17-16-10-6-7-11-18(16)23-20-17/h3-5,8-9,22H,6-7,10-14H2,1-2H3. The van der Waals surface area contributed by atoms with E-state index in [1.54, 1.807) is 0 Å². The smallest absolute Gasteiger partial charge is 0.140 e. The lowest BCUT2D eigenvalue weighted by Gasteiger charge is -2.28. The highest BCUT2D eigenvalue weighted by Gasteiger charge is 2.24. The average Bonchev–Trinajstić information content (AvgIpc) is 2.90. The second kappa shape index (κ2) is 6.85. The number of rotatable bonds is 6. The molecular weight excluding hydrogens is 288 g/mol. The van der Waals surface area contributed by atoms with Gasteiger partial charge in [0.05, 0.1) is 5.60 Å². The van der Waals surface area contributed by atoms with Crippen molar-refractivity contribution in [3.05, 3.63) is 52.9 Å². The SMILES string of the molecule is CC(C)(O)CN(Cc1ccccc1)Cc1noc2c1CCCC2. The van der Waals surface area contributed by atoms with Crippen LogP contribution in [-0.2, 0) is 25.9 Å². The number of fused-ring (bicyclic) bond motifs is 1. The predicted octanol–water partition coefficient (Wildman–Crippen LogP) is 3.33. The maximum Gasteiger partial charge on any atom is 0.140 e. The number of aliphatic hydroxyl groups is 1. The molecular formula is C19H26N2O2. The zero-order valence-electron chi connectivity index (χ0n) is 14.1. The zero-order chi connectivity index (χ0) is 16.3. The van der Waals surface area contributed by atoms with Crippen molar-refractivity contribution in [3.8, 4) is 0 Å². The largest absolute Gasteiger partial charge is 0.389 e. The summed E-state index contributed by atoms with van der Waals surface area (Å²) in [6.07, 6.45) is 4.48. The van der Waals surface area contributed by atoms with Gasteiger partial charge in [0.1, 0.15) is 11.5 Å². The Morgan fingerprint density at radius 2 is 1.87 bits per heavy atom. The molecule has 1 heterocycles. The van der Waals surface area contributed by atoms with Crippen LogP contribution in [0.3, 0.4) is 0 Å². The summed E-state index contributed by atoms with van der Waals surface area (Å²) in [5.74, 6) is 1.06. The summed E-state index contributed by atoms with van der Waals surface area (Å²) in [5.41, 5.74) is 2.84. The Kier molecular flexibility index (Phi) is 4.83. The predicted molar refractivity (Wildman–Crippen MR) is 90.0 cm³/mol. The Labute approximate surface area is 138 Å². The Morgan fingerprint density at radius 1 is 1.13 bits per heavy atom. The fraction of sp³-hybridized carbons (Fsp3) is 0.526. The molecule has 0 aliphatic heterocycles. The summed E-state index contributed by atoms with van der Waals surface area (Å²) in [6.45, 7) is 5.82. The second-order valence-electron chi connectivity index (χ2n) is 7.18. The van der Waals surface area contributed by atoms with Crippen LogP contribution >= 0.6 is 0 Å². The van der Waals surface area contributed by atoms with E-state index in [4.69, 9.17) is 4.52 Å². The van der Waals surface area contributed by atoms with Crippen molar-refractivity contribution in [1.29, 1.82) is 0 Å². The van der Waals surface area contributed by atoms with Gasteiger partial charge in [-0.1, -0.05) is 35.5 Å². The van der Waals surface area contributed by atoms with Gasteiger partial charge in [-0.25, -0.2) is 0 Å². The lowest BCUT2D eigenvalue weighted by atomic mass is 9.96. The first-order valence-electron chi connectivity index (χ1n) is 8.46. The number of hydrogen-bond donors (Lipinski definition) is 1. The normalized spacial score (nSPS) is 15.0. The van der Waals surface area contributed by atoms with Crippen LogP contribution in [0.15, 0.2) is 34.9 Å². The van der Waals surface area contributed by atoms with Crippen LogP contribution < -0.4 is 0 Å². The van der Waals surface area contributed by atoms with Gasteiger partial charge >= 0.3 is 0 Å². The monoisotopic (exact) mass is 314 g/mol. The zero-order valence-corrected chi connectivity index (χ0v) is 14.1. The molecule has 4 heteroatoms. The molecule has 0 unspecified atom stereocenters. The lowest BCUT2D eigenvalue weighted by molar-refractivity contribution is 0.0299. The summed E-state index contributed by atoms with van der Waals surface area (Å²) < 4.78 is 5.53. The molecule has 1 aliphatic carbocycles. The van der Waals surface area contributed by atoms with E-state index in [-0.39, 0.29) is 0 Å². The molecule has 0 saturated carbocycles. The summed E-state index contributed by atoms with van der Waals surface area (Å²) >= 11 is 0. The summed E-state index contributed by atoms with van der Waals surface area (Å²) in [5, 5.41) is 14.6. The quantitative estimate of drug-likeness (QED) is 0.888. The van der Waals surface area contributed by atoms with Crippen molar-refractivity contribution in [1.82, 2.24) is 10.1 Å². The molecule has 0 bridgehead atoms. The molecule has 4 nitrogen and oxygen atoms in total.